The highest BCUT2D eigenvalue weighted by atomic mass is 16.5. The van der Waals surface area contributed by atoms with Crippen LogP contribution < -0.4 is 0 Å². The predicted molar refractivity (Wildman–Crippen MR) is 114 cm³/mol. The highest BCUT2D eigenvalue weighted by molar-refractivity contribution is 5.06. The Kier molecular flexibility index (Phi) is 7.34. The predicted octanol–water partition coefficient (Wildman–Crippen LogP) is 6.17. The molecule has 2 heteroatoms. The van der Waals surface area contributed by atoms with E-state index in [1.165, 1.54) is 57.8 Å². The molecule has 4 fully saturated rings. The number of aliphatic hydroxyl groups excluding tert-OH is 1. The number of aliphatic hydroxyl groups is 1. The third-order valence-corrected chi connectivity index (χ3v) is 9.51. The first-order valence-corrected chi connectivity index (χ1v) is 12.2. The Labute approximate surface area is 168 Å². The molecule has 0 aromatic rings. The van der Waals surface area contributed by atoms with Crippen molar-refractivity contribution in [2.24, 2.45) is 52.8 Å². The molecule has 0 radical (unpaired) electrons. The summed E-state index contributed by atoms with van der Waals surface area (Å²) in [5.41, 5.74) is 0.517. The quantitative estimate of drug-likeness (QED) is 0.633. The molecule has 2 nitrogen and oxygen atoms in total. The molecule has 1 N–H and O–H groups in total. The lowest BCUT2D eigenvalue weighted by atomic mass is 9.49. The average Bonchev–Trinajstić information content (AvgIpc) is 3.06. The third-order valence-electron chi connectivity index (χ3n) is 9.51. The van der Waals surface area contributed by atoms with Crippen LogP contribution in [0.5, 0.6) is 0 Å². The monoisotopic (exact) mass is 378 g/mol. The van der Waals surface area contributed by atoms with Crippen molar-refractivity contribution in [1.29, 1.82) is 0 Å². The molecule has 0 amide bonds. The van der Waals surface area contributed by atoms with E-state index in [4.69, 9.17) is 4.74 Å². The molecule has 4 aliphatic carbocycles. The fourth-order valence-electron chi connectivity index (χ4n) is 8.44. The second-order valence-electron chi connectivity index (χ2n) is 10.5. The summed E-state index contributed by atoms with van der Waals surface area (Å²) in [5, 5.41) is 9.75. The Morgan fingerprint density at radius 3 is 2.41 bits per heavy atom. The van der Waals surface area contributed by atoms with Gasteiger partial charge in [0.15, 0.2) is 0 Å². The Balaban J connectivity index is 0.00000102. The lowest BCUT2D eigenvalue weighted by molar-refractivity contribution is -0.0791. The molecule has 0 aliphatic heterocycles. The van der Waals surface area contributed by atoms with Crippen molar-refractivity contribution < 1.29 is 9.84 Å². The number of fused-ring (bicyclic) bond motifs is 5. The molecule has 4 saturated carbocycles. The molecule has 0 heterocycles. The zero-order chi connectivity index (χ0) is 19.6. The Bertz CT molecular complexity index is 463. The molecule has 0 bridgehead atoms. The molecule has 0 spiro atoms. The lowest BCUT2D eigenvalue weighted by Gasteiger charge is -2.56. The van der Waals surface area contributed by atoms with Gasteiger partial charge >= 0.3 is 0 Å². The summed E-state index contributed by atoms with van der Waals surface area (Å²) >= 11 is 0. The fourth-order valence-corrected chi connectivity index (χ4v) is 8.44. The van der Waals surface area contributed by atoms with Crippen LogP contribution in [0.3, 0.4) is 0 Å². The van der Waals surface area contributed by atoms with E-state index in [9.17, 15) is 5.11 Å². The van der Waals surface area contributed by atoms with Crippen LogP contribution in [-0.2, 0) is 4.74 Å². The van der Waals surface area contributed by atoms with Crippen LogP contribution in [0.4, 0.5) is 0 Å². The van der Waals surface area contributed by atoms with Gasteiger partial charge in [-0.3, -0.25) is 0 Å². The molecule has 4 aliphatic rings. The standard InChI is InChI=1S/C23H40O2.C2H6/c1-15(13-24)21-8-9-22-20-7-5-17-12-16(14-25-3)4-6-18(17)19(20)10-11-23(21,22)2;1-2/h15-22,24H,4-14H2,1-3H3;1-2H3. The molecule has 0 saturated heterocycles. The summed E-state index contributed by atoms with van der Waals surface area (Å²) in [6.07, 6.45) is 13.0. The van der Waals surface area contributed by atoms with Crippen LogP contribution in [0.25, 0.3) is 0 Å². The van der Waals surface area contributed by atoms with Crippen molar-refractivity contribution in [3.05, 3.63) is 0 Å². The van der Waals surface area contributed by atoms with E-state index in [2.05, 4.69) is 13.8 Å². The molecule has 0 aromatic carbocycles. The highest BCUT2D eigenvalue weighted by Gasteiger charge is 2.57. The number of methoxy groups -OCH3 is 1. The first-order valence-electron chi connectivity index (χ1n) is 12.2. The van der Waals surface area contributed by atoms with Crippen molar-refractivity contribution in [1.82, 2.24) is 0 Å². The number of hydrogen-bond acceptors (Lipinski definition) is 2. The van der Waals surface area contributed by atoms with E-state index < -0.39 is 0 Å². The van der Waals surface area contributed by atoms with Gasteiger partial charge in [-0.15, -0.1) is 0 Å². The van der Waals surface area contributed by atoms with Gasteiger partial charge in [-0.05, 0) is 111 Å². The van der Waals surface area contributed by atoms with Gasteiger partial charge in [-0.1, -0.05) is 27.7 Å². The lowest BCUT2D eigenvalue weighted by Crippen LogP contribution is -2.49. The van der Waals surface area contributed by atoms with Gasteiger partial charge in [0.05, 0.1) is 0 Å². The van der Waals surface area contributed by atoms with Crippen LogP contribution in [0.2, 0.25) is 0 Å². The molecular formula is C25H46O2. The SMILES string of the molecule is CC.COCC1CCC2C(CCC3C2CCC2(C)C(C(C)CO)CCC32)C1. The molecule has 4 rings (SSSR count). The average molecular weight is 379 g/mol. The summed E-state index contributed by atoms with van der Waals surface area (Å²) in [4.78, 5) is 0. The Hall–Kier alpha value is -0.0800. The highest BCUT2D eigenvalue weighted by Crippen LogP contribution is 2.65. The summed E-state index contributed by atoms with van der Waals surface area (Å²) in [6, 6.07) is 0. The van der Waals surface area contributed by atoms with Crippen molar-refractivity contribution in [3.63, 3.8) is 0 Å². The minimum absolute atomic E-state index is 0.382. The van der Waals surface area contributed by atoms with Crippen molar-refractivity contribution >= 4 is 0 Å². The first-order chi connectivity index (χ1) is 13.1. The van der Waals surface area contributed by atoms with Gasteiger partial charge in [-0.2, -0.15) is 0 Å². The van der Waals surface area contributed by atoms with Crippen LogP contribution in [0, 0.1) is 52.8 Å². The summed E-state index contributed by atoms with van der Waals surface area (Å²) < 4.78 is 5.46. The number of rotatable bonds is 4. The van der Waals surface area contributed by atoms with Crippen LogP contribution in [0.1, 0.15) is 85.5 Å². The van der Waals surface area contributed by atoms with Gasteiger partial charge < -0.3 is 9.84 Å². The van der Waals surface area contributed by atoms with Gasteiger partial charge in [0.25, 0.3) is 0 Å². The van der Waals surface area contributed by atoms with E-state index in [0.29, 0.717) is 17.9 Å². The van der Waals surface area contributed by atoms with Crippen molar-refractivity contribution in [3.8, 4) is 0 Å². The molecule has 9 atom stereocenters. The maximum atomic E-state index is 9.75. The van der Waals surface area contributed by atoms with Gasteiger partial charge in [0.2, 0.25) is 0 Å². The molecule has 27 heavy (non-hydrogen) atoms. The second-order valence-corrected chi connectivity index (χ2v) is 10.5. The minimum Gasteiger partial charge on any atom is -0.396 e. The summed E-state index contributed by atoms with van der Waals surface area (Å²) in [6.45, 7) is 10.3. The van der Waals surface area contributed by atoms with Crippen LogP contribution in [0.15, 0.2) is 0 Å². The molecule has 9 unspecified atom stereocenters. The van der Waals surface area contributed by atoms with Gasteiger partial charge in [0, 0.05) is 20.3 Å². The summed E-state index contributed by atoms with van der Waals surface area (Å²) in [7, 11) is 1.87. The van der Waals surface area contributed by atoms with Crippen LogP contribution >= 0.6 is 0 Å². The normalized spacial score (nSPS) is 47.1. The van der Waals surface area contributed by atoms with E-state index in [1.807, 2.05) is 21.0 Å². The van der Waals surface area contributed by atoms with Gasteiger partial charge in [-0.25, -0.2) is 0 Å². The summed E-state index contributed by atoms with van der Waals surface area (Å²) in [5.74, 6) is 7.06. The van der Waals surface area contributed by atoms with E-state index in [1.54, 1.807) is 0 Å². The zero-order valence-electron chi connectivity index (χ0n) is 18.8. The van der Waals surface area contributed by atoms with Crippen molar-refractivity contribution in [2.75, 3.05) is 20.3 Å². The molecule has 0 aromatic heterocycles. The molecular weight excluding hydrogens is 332 g/mol. The van der Waals surface area contributed by atoms with Crippen molar-refractivity contribution in [2.45, 2.75) is 85.5 Å². The van der Waals surface area contributed by atoms with E-state index in [-0.39, 0.29) is 0 Å². The Morgan fingerprint density at radius 2 is 1.70 bits per heavy atom. The zero-order valence-corrected chi connectivity index (χ0v) is 18.8. The smallest absolute Gasteiger partial charge is 0.0490 e. The number of ether oxygens (including phenoxy) is 1. The molecule has 158 valence electrons. The maximum Gasteiger partial charge on any atom is 0.0490 e. The minimum atomic E-state index is 0.382. The van der Waals surface area contributed by atoms with E-state index >= 15 is 0 Å². The van der Waals surface area contributed by atoms with Gasteiger partial charge in [0.1, 0.15) is 0 Å². The van der Waals surface area contributed by atoms with Crippen LogP contribution in [-0.4, -0.2) is 25.4 Å². The third kappa shape index (κ3) is 3.87. The largest absolute Gasteiger partial charge is 0.396 e. The Morgan fingerprint density at radius 1 is 0.963 bits per heavy atom. The first kappa shape index (κ1) is 21.6. The van der Waals surface area contributed by atoms with E-state index in [0.717, 1.165) is 48.0 Å². The fraction of sp³-hybridized carbons (Fsp3) is 1.00. The second kappa shape index (κ2) is 9.16. The maximum absolute atomic E-state index is 9.75. The topological polar surface area (TPSA) is 29.5 Å². The number of hydrogen-bond donors (Lipinski definition) is 1.